The van der Waals surface area contributed by atoms with Crippen molar-refractivity contribution in [3.8, 4) is 0 Å². The Morgan fingerprint density at radius 1 is 0.938 bits per heavy atom. The van der Waals surface area contributed by atoms with Crippen molar-refractivity contribution in [3.63, 3.8) is 0 Å². The Kier molecular flexibility index (Phi) is 2.23. The molecule has 80 valence electrons. The van der Waals surface area contributed by atoms with Crippen LogP contribution in [-0.4, -0.2) is 6.61 Å². The average Bonchev–Trinajstić information content (AvgIpc) is 3.11. The molecule has 2 heteroatoms. The molecular weight excluding hydrogens is 220 g/mol. The van der Waals surface area contributed by atoms with Gasteiger partial charge < -0.3 is 4.74 Å². The van der Waals surface area contributed by atoms with E-state index in [1.165, 1.54) is 5.56 Å². The maximum absolute atomic E-state index is 6.01. The summed E-state index contributed by atoms with van der Waals surface area (Å²) in [4.78, 5) is 0. The van der Waals surface area contributed by atoms with Gasteiger partial charge in [0.2, 0.25) is 0 Å². The van der Waals surface area contributed by atoms with E-state index in [0.717, 1.165) is 17.2 Å². The summed E-state index contributed by atoms with van der Waals surface area (Å²) in [6.45, 7) is 0.733. The third kappa shape index (κ3) is 1.53. The Morgan fingerprint density at radius 3 is 2.25 bits per heavy atom. The molecule has 1 saturated heterocycles. The number of hydrogen-bond acceptors (Lipinski definition) is 1. The van der Waals surface area contributed by atoms with Gasteiger partial charge in [0, 0.05) is 5.02 Å². The molecule has 1 heterocycles. The minimum Gasteiger partial charge on any atom is -0.359 e. The molecular formula is C14H11ClO. The zero-order valence-electron chi connectivity index (χ0n) is 8.69. The van der Waals surface area contributed by atoms with Crippen LogP contribution in [0.15, 0.2) is 54.6 Å². The topological polar surface area (TPSA) is 12.5 Å². The summed E-state index contributed by atoms with van der Waals surface area (Å²) < 4.78 is 5.66. The lowest BCUT2D eigenvalue weighted by molar-refractivity contribution is 0.349. The first-order chi connectivity index (χ1) is 7.81. The van der Waals surface area contributed by atoms with Crippen LogP contribution in [0.4, 0.5) is 0 Å². The van der Waals surface area contributed by atoms with E-state index in [9.17, 15) is 0 Å². The molecule has 1 aliphatic heterocycles. The third-order valence-electron chi connectivity index (χ3n) is 2.96. The van der Waals surface area contributed by atoms with Gasteiger partial charge in [-0.3, -0.25) is 0 Å². The summed E-state index contributed by atoms with van der Waals surface area (Å²) in [6, 6.07) is 18.1. The summed E-state index contributed by atoms with van der Waals surface area (Å²) >= 11 is 6.01. The fourth-order valence-electron chi connectivity index (χ4n) is 2.02. The molecule has 0 spiro atoms. The van der Waals surface area contributed by atoms with Crippen molar-refractivity contribution in [1.29, 1.82) is 0 Å². The number of benzene rings is 2. The first-order valence-corrected chi connectivity index (χ1v) is 5.65. The first-order valence-electron chi connectivity index (χ1n) is 5.27. The van der Waals surface area contributed by atoms with Crippen LogP contribution >= 0.6 is 11.6 Å². The van der Waals surface area contributed by atoms with Crippen molar-refractivity contribution in [2.45, 2.75) is 5.60 Å². The summed E-state index contributed by atoms with van der Waals surface area (Å²) in [5, 5.41) is 0.753. The van der Waals surface area contributed by atoms with Crippen molar-refractivity contribution in [1.82, 2.24) is 0 Å². The molecule has 0 N–H and O–H groups in total. The molecule has 1 aliphatic rings. The summed E-state index contributed by atoms with van der Waals surface area (Å²) in [5.74, 6) is 0. The van der Waals surface area contributed by atoms with Gasteiger partial charge in [-0.25, -0.2) is 0 Å². The molecule has 16 heavy (non-hydrogen) atoms. The first kappa shape index (κ1) is 9.88. The zero-order valence-corrected chi connectivity index (χ0v) is 9.45. The van der Waals surface area contributed by atoms with Crippen LogP contribution in [0.3, 0.4) is 0 Å². The molecule has 0 bridgehead atoms. The minimum absolute atomic E-state index is 0.258. The van der Waals surface area contributed by atoms with Crippen LogP contribution in [-0.2, 0) is 10.3 Å². The van der Waals surface area contributed by atoms with E-state index < -0.39 is 0 Å². The van der Waals surface area contributed by atoms with E-state index in [0.29, 0.717) is 0 Å². The highest BCUT2D eigenvalue weighted by Gasteiger charge is 2.48. The van der Waals surface area contributed by atoms with Crippen LogP contribution < -0.4 is 0 Å². The smallest absolute Gasteiger partial charge is 0.142 e. The Labute approximate surface area is 99.6 Å². The van der Waals surface area contributed by atoms with Crippen LogP contribution in [0.25, 0.3) is 0 Å². The van der Waals surface area contributed by atoms with E-state index in [1.807, 2.05) is 36.4 Å². The van der Waals surface area contributed by atoms with Crippen molar-refractivity contribution in [3.05, 3.63) is 70.7 Å². The lowest BCUT2D eigenvalue weighted by Gasteiger charge is -2.12. The van der Waals surface area contributed by atoms with E-state index in [2.05, 4.69) is 18.2 Å². The number of rotatable bonds is 2. The molecule has 0 saturated carbocycles. The van der Waals surface area contributed by atoms with Gasteiger partial charge in [0.25, 0.3) is 0 Å². The summed E-state index contributed by atoms with van der Waals surface area (Å²) in [7, 11) is 0. The number of halogens is 1. The van der Waals surface area contributed by atoms with Gasteiger partial charge in [-0.1, -0.05) is 54.1 Å². The van der Waals surface area contributed by atoms with Crippen LogP contribution in [0, 0.1) is 0 Å². The Balaban J connectivity index is 2.07. The zero-order chi connectivity index (χ0) is 11.0. The molecule has 0 aliphatic carbocycles. The maximum atomic E-state index is 6.01. The highest BCUT2D eigenvalue weighted by Crippen LogP contribution is 2.45. The third-order valence-corrected chi connectivity index (χ3v) is 3.20. The van der Waals surface area contributed by atoms with Gasteiger partial charge in [0.05, 0.1) is 6.61 Å². The molecule has 0 unspecified atom stereocenters. The van der Waals surface area contributed by atoms with Crippen molar-refractivity contribution in [2.75, 3.05) is 6.61 Å². The average molecular weight is 231 g/mol. The highest BCUT2D eigenvalue weighted by molar-refractivity contribution is 6.30. The Morgan fingerprint density at radius 2 is 1.62 bits per heavy atom. The molecule has 2 aromatic carbocycles. The van der Waals surface area contributed by atoms with Crippen LogP contribution in [0.5, 0.6) is 0 Å². The van der Waals surface area contributed by atoms with E-state index in [1.54, 1.807) is 0 Å². The molecule has 1 atom stereocenters. The summed E-state index contributed by atoms with van der Waals surface area (Å²) in [5.41, 5.74) is 2.06. The van der Waals surface area contributed by atoms with Gasteiger partial charge in [-0.05, 0) is 23.3 Å². The van der Waals surface area contributed by atoms with E-state index in [-0.39, 0.29) is 5.60 Å². The normalized spacial score (nSPS) is 23.1. The fraction of sp³-hybridized carbons (Fsp3) is 0.143. The van der Waals surface area contributed by atoms with E-state index >= 15 is 0 Å². The lowest BCUT2D eigenvalue weighted by Crippen LogP contribution is -2.10. The fourth-order valence-corrected chi connectivity index (χ4v) is 2.21. The number of epoxide rings is 1. The quantitative estimate of drug-likeness (QED) is 0.718. The number of ether oxygens (including phenoxy) is 1. The molecule has 3 rings (SSSR count). The molecule has 2 aromatic rings. The predicted octanol–water partition coefficient (Wildman–Crippen LogP) is 3.61. The van der Waals surface area contributed by atoms with Gasteiger partial charge in [0.1, 0.15) is 5.60 Å². The van der Waals surface area contributed by atoms with Gasteiger partial charge in [0.15, 0.2) is 0 Å². The molecule has 0 aromatic heterocycles. The van der Waals surface area contributed by atoms with Crippen LogP contribution in [0.2, 0.25) is 5.02 Å². The highest BCUT2D eigenvalue weighted by atomic mass is 35.5. The number of hydrogen-bond donors (Lipinski definition) is 0. The second-order valence-electron chi connectivity index (χ2n) is 3.99. The van der Waals surface area contributed by atoms with Crippen LogP contribution in [0.1, 0.15) is 11.1 Å². The second-order valence-corrected chi connectivity index (χ2v) is 4.43. The Hall–Kier alpha value is -1.31. The van der Waals surface area contributed by atoms with Crippen molar-refractivity contribution in [2.24, 2.45) is 0 Å². The van der Waals surface area contributed by atoms with Gasteiger partial charge in [-0.2, -0.15) is 0 Å². The monoisotopic (exact) mass is 230 g/mol. The minimum atomic E-state index is -0.258. The lowest BCUT2D eigenvalue weighted by atomic mass is 9.92. The maximum Gasteiger partial charge on any atom is 0.142 e. The van der Waals surface area contributed by atoms with E-state index in [4.69, 9.17) is 16.3 Å². The second kappa shape index (κ2) is 3.62. The van der Waals surface area contributed by atoms with Gasteiger partial charge >= 0.3 is 0 Å². The molecule has 1 nitrogen and oxygen atoms in total. The molecule has 1 fully saturated rings. The SMILES string of the molecule is Clc1cccc([C@]2(c3ccccc3)CO2)c1. The van der Waals surface area contributed by atoms with Crippen molar-refractivity contribution >= 4 is 11.6 Å². The largest absolute Gasteiger partial charge is 0.359 e. The predicted molar refractivity (Wildman–Crippen MR) is 64.6 cm³/mol. The van der Waals surface area contributed by atoms with Crippen molar-refractivity contribution < 1.29 is 4.74 Å². The Bertz CT molecular complexity index is 503. The standard InChI is InChI=1S/C14H11ClO/c15-13-8-4-7-12(9-13)14(10-16-14)11-5-2-1-3-6-11/h1-9H,10H2/t14-/m1/s1. The van der Waals surface area contributed by atoms with Gasteiger partial charge in [-0.15, -0.1) is 0 Å². The molecule has 0 radical (unpaired) electrons. The molecule has 0 amide bonds. The summed E-state index contributed by atoms with van der Waals surface area (Å²) in [6.07, 6.45) is 0.